The number of ether oxygens (including phenoxy) is 1. The minimum Gasteiger partial charge on any atom is -0.457 e. The molecule has 0 radical (unpaired) electrons. The van der Waals surface area contributed by atoms with Crippen molar-refractivity contribution in [1.82, 2.24) is 0 Å². The van der Waals surface area contributed by atoms with Crippen molar-refractivity contribution in [3.8, 4) is 11.5 Å². The number of thioether (sulfide) groups is 1. The maximum atomic E-state index is 12.9. The zero-order valence-corrected chi connectivity index (χ0v) is 17.8. The summed E-state index contributed by atoms with van der Waals surface area (Å²) in [5, 5.41) is 0. The Bertz CT molecular complexity index is 1070. The summed E-state index contributed by atoms with van der Waals surface area (Å²) in [5.74, 6) is 1.34. The average Bonchev–Trinajstić information content (AvgIpc) is 2.97. The van der Waals surface area contributed by atoms with E-state index >= 15 is 0 Å². The fourth-order valence-corrected chi connectivity index (χ4v) is 4.44. The Morgan fingerprint density at radius 2 is 1.64 bits per heavy atom. The molecule has 0 aromatic heterocycles. The standard InChI is InChI=1S/C22H14BrNO2S2/c23-16-6-4-5-15(13-16)14-20-21(25)24(22(27)28-20)17-9-11-19(12-10-17)26-18-7-2-1-3-8-18/h1-14H. The molecular weight excluding hydrogens is 454 g/mol. The Morgan fingerprint density at radius 1 is 0.929 bits per heavy atom. The van der Waals surface area contributed by atoms with E-state index in [0.29, 0.717) is 15.0 Å². The number of benzene rings is 3. The molecule has 1 heterocycles. The summed E-state index contributed by atoms with van der Waals surface area (Å²) < 4.78 is 7.28. The van der Waals surface area contributed by atoms with E-state index in [-0.39, 0.29) is 5.91 Å². The van der Waals surface area contributed by atoms with Gasteiger partial charge in [0.25, 0.3) is 5.91 Å². The van der Waals surface area contributed by atoms with Crippen LogP contribution in [0.1, 0.15) is 5.56 Å². The lowest BCUT2D eigenvalue weighted by atomic mass is 10.2. The van der Waals surface area contributed by atoms with E-state index in [9.17, 15) is 4.79 Å². The Labute approximate surface area is 181 Å². The van der Waals surface area contributed by atoms with Crippen molar-refractivity contribution in [3.05, 3.63) is 93.8 Å². The summed E-state index contributed by atoms with van der Waals surface area (Å²) in [7, 11) is 0. The van der Waals surface area contributed by atoms with E-state index in [0.717, 1.165) is 21.5 Å². The summed E-state index contributed by atoms with van der Waals surface area (Å²) >= 11 is 10.2. The van der Waals surface area contributed by atoms with Crippen molar-refractivity contribution in [2.24, 2.45) is 0 Å². The zero-order valence-electron chi connectivity index (χ0n) is 14.5. The number of carbonyl (C=O) groups excluding carboxylic acids is 1. The summed E-state index contributed by atoms with van der Waals surface area (Å²) in [5.41, 5.74) is 1.67. The number of para-hydroxylation sites is 1. The Hall–Kier alpha value is -2.41. The summed E-state index contributed by atoms with van der Waals surface area (Å²) in [6.07, 6.45) is 1.86. The highest BCUT2D eigenvalue weighted by atomic mass is 79.9. The molecule has 1 saturated heterocycles. The molecule has 0 atom stereocenters. The molecule has 4 rings (SSSR count). The van der Waals surface area contributed by atoms with Gasteiger partial charge >= 0.3 is 0 Å². The molecule has 0 spiro atoms. The normalized spacial score (nSPS) is 15.3. The predicted octanol–water partition coefficient (Wildman–Crippen LogP) is 6.65. The van der Waals surface area contributed by atoms with Gasteiger partial charge in [-0.05, 0) is 60.2 Å². The topological polar surface area (TPSA) is 29.5 Å². The first-order valence-electron chi connectivity index (χ1n) is 8.47. The van der Waals surface area contributed by atoms with Crippen LogP contribution in [0.25, 0.3) is 6.08 Å². The highest BCUT2D eigenvalue weighted by Crippen LogP contribution is 2.37. The molecule has 6 heteroatoms. The van der Waals surface area contributed by atoms with Crippen LogP contribution >= 0.6 is 39.9 Å². The molecule has 28 heavy (non-hydrogen) atoms. The van der Waals surface area contributed by atoms with Crippen LogP contribution in [0.4, 0.5) is 5.69 Å². The van der Waals surface area contributed by atoms with E-state index in [2.05, 4.69) is 15.9 Å². The Balaban J connectivity index is 1.54. The summed E-state index contributed by atoms with van der Waals surface area (Å²) in [6, 6.07) is 24.7. The van der Waals surface area contributed by atoms with Gasteiger partial charge in [0.1, 0.15) is 11.5 Å². The van der Waals surface area contributed by atoms with Crippen molar-refractivity contribution < 1.29 is 9.53 Å². The summed E-state index contributed by atoms with van der Waals surface area (Å²) in [6.45, 7) is 0. The third-order valence-corrected chi connectivity index (χ3v) is 5.81. The number of thiocarbonyl (C=S) groups is 1. The monoisotopic (exact) mass is 467 g/mol. The molecule has 1 amide bonds. The number of hydrogen-bond donors (Lipinski definition) is 0. The molecular formula is C22H14BrNO2S2. The number of rotatable bonds is 4. The van der Waals surface area contributed by atoms with Crippen LogP contribution in [0.3, 0.4) is 0 Å². The van der Waals surface area contributed by atoms with E-state index < -0.39 is 0 Å². The first-order valence-corrected chi connectivity index (χ1v) is 10.5. The molecule has 0 saturated carbocycles. The molecule has 1 aliphatic rings. The van der Waals surface area contributed by atoms with Gasteiger partial charge in [0.15, 0.2) is 4.32 Å². The minimum absolute atomic E-state index is 0.119. The lowest BCUT2D eigenvalue weighted by molar-refractivity contribution is -0.113. The highest BCUT2D eigenvalue weighted by Gasteiger charge is 2.33. The van der Waals surface area contributed by atoms with Gasteiger partial charge in [-0.1, -0.05) is 70.2 Å². The van der Waals surface area contributed by atoms with E-state index in [1.165, 1.54) is 11.8 Å². The number of halogens is 1. The number of anilines is 1. The van der Waals surface area contributed by atoms with Gasteiger partial charge in [-0.2, -0.15) is 0 Å². The second kappa shape index (κ2) is 8.31. The quantitative estimate of drug-likeness (QED) is 0.317. The molecule has 3 aromatic carbocycles. The van der Waals surface area contributed by atoms with Crippen LogP contribution in [0.15, 0.2) is 88.2 Å². The van der Waals surface area contributed by atoms with E-state index in [4.69, 9.17) is 17.0 Å². The van der Waals surface area contributed by atoms with Crippen LogP contribution in [-0.2, 0) is 4.79 Å². The van der Waals surface area contributed by atoms with Crippen molar-refractivity contribution in [1.29, 1.82) is 0 Å². The van der Waals surface area contributed by atoms with Crippen molar-refractivity contribution in [3.63, 3.8) is 0 Å². The van der Waals surface area contributed by atoms with Gasteiger partial charge in [0.05, 0.1) is 10.6 Å². The van der Waals surface area contributed by atoms with Crippen LogP contribution in [0.5, 0.6) is 11.5 Å². The second-order valence-corrected chi connectivity index (χ2v) is 8.57. The predicted molar refractivity (Wildman–Crippen MR) is 123 cm³/mol. The van der Waals surface area contributed by atoms with Gasteiger partial charge in [0, 0.05) is 4.47 Å². The van der Waals surface area contributed by atoms with Crippen LogP contribution < -0.4 is 9.64 Å². The van der Waals surface area contributed by atoms with E-state index in [1.807, 2.05) is 84.9 Å². The zero-order chi connectivity index (χ0) is 19.5. The largest absolute Gasteiger partial charge is 0.457 e. The Morgan fingerprint density at radius 3 is 2.36 bits per heavy atom. The van der Waals surface area contributed by atoms with Crippen molar-refractivity contribution >= 4 is 61.9 Å². The molecule has 3 aromatic rings. The van der Waals surface area contributed by atoms with Gasteiger partial charge in [-0.3, -0.25) is 9.69 Å². The third-order valence-electron chi connectivity index (χ3n) is 4.01. The lowest BCUT2D eigenvalue weighted by Gasteiger charge is -2.15. The maximum Gasteiger partial charge on any atom is 0.270 e. The van der Waals surface area contributed by atoms with Gasteiger partial charge in [-0.25, -0.2) is 0 Å². The molecule has 0 bridgehead atoms. The van der Waals surface area contributed by atoms with Crippen molar-refractivity contribution in [2.45, 2.75) is 0 Å². The van der Waals surface area contributed by atoms with Gasteiger partial charge in [-0.15, -0.1) is 0 Å². The smallest absolute Gasteiger partial charge is 0.270 e. The second-order valence-electron chi connectivity index (χ2n) is 5.98. The lowest BCUT2D eigenvalue weighted by Crippen LogP contribution is -2.27. The van der Waals surface area contributed by atoms with E-state index in [1.54, 1.807) is 4.90 Å². The molecule has 0 N–H and O–H groups in total. The summed E-state index contributed by atoms with van der Waals surface area (Å²) in [4.78, 5) is 15.0. The molecule has 1 aliphatic heterocycles. The van der Waals surface area contributed by atoms with Crippen LogP contribution in [-0.4, -0.2) is 10.2 Å². The number of amides is 1. The first-order chi connectivity index (χ1) is 13.6. The van der Waals surface area contributed by atoms with Gasteiger partial charge in [0.2, 0.25) is 0 Å². The van der Waals surface area contributed by atoms with Gasteiger partial charge < -0.3 is 4.74 Å². The third kappa shape index (κ3) is 4.19. The molecule has 0 unspecified atom stereocenters. The fraction of sp³-hybridized carbons (Fsp3) is 0. The van der Waals surface area contributed by atoms with Crippen LogP contribution in [0.2, 0.25) is 0 Å². The molecule has 3 nitrogen and oxygen atoms in total. The number of hydrogen-bond acceptors (Lipinski definition) is 4. The fourth-order valence-electron chi connectivity index (χ4n) is 2.73. The first kappa shape index (κ1) is 18.9. The molecule has 138 valence electrons. The maximum absolute atomic E-state index is 12.9. The Kier molecular flexibility index (Phi) is 5.62. The number of nitrogens with zero attached hydrogens (tertiary/aromatic N) is 1. The minimum atomic E-state index is -0.119. The van der Waals surface area contributed by atoms with Crippen molar-refractivity contribution in [2.75, 3.05) is 4.90 Å². The average molecular weight is 468 g/mol. The molecule has 0 aliphatic carbocycles. The molecule has 1 fully saturated rings. The SMILES string of the molecule is O=C1C(=Cc2cccc(Br)c2)SC(=S)N1c1ccc(Oc2ccccc2)cc1. The highest BCUT2D eigenvalue weighted by molar-refractivity contribution is 9.10. The number of carbonyl (C=O) groups is 1. The van der Waals surface area contributed by atoms with Crippen LogP contribution in [0, 0.1) is 0 Å².